The lowest BCUT2D eigenvalue weighted by Crippen LogP contribution is -2.52. The van der Waals surface area contributed by atoms with Gasteiger partial charge >= 0.3 is 0 Å². The van der Waals surface area contributed by atoms with Gasteiger partial charge in [-0.05, 0) is 92.2 Å². The molecule has 0 heterocycles. The average Bonchev–Trinajstić information content (AvgIpc) is 2.40. The Balaban J connectivity index is 1.75. The van der Waals surface area contributed by atoms with E-state index < -0.39 is 8.32 Å². The number of hydrogen-bond donors (Lipinski definition) is 0. The highest BCUT2D eigenvalue weighted by molar-refractivity contribution is 9.09. The maximum atomic E-state index is 6.76. The van der Waals surface area contributed by atoms with E-state index in [4.69, 9.17) is 4.43 Å². The molecule has 4 bridgehead atoms. The summed E-state index contributed by atoms with van der Waals surface area (Å²) in [5, 5.41) is 0.318. The Hall–Kier alpha value is 0.657. The highest BCUT2D eigenvalue weighted by atomic mass is 79.9. The number of alkyl halides is 1. The molecule has 0 saturated heterocycles. The van der Waals surface area contributed by atoms with Crippen LogP contribution in [0.2, 0.25) is 18.1 Å². The smallest absolute Gasteiger partial charge is 0.191 e. The summed E-state index contributed by atoms with van der Waals surface area (Å²) in [6.07, 6.45) is 10.4. The quantitative estimate of drug-likeness (QED) is 0.335. The summed E-state index contributed by atoms with van der Waals surface area (Å²) in [6, 6.07) is 0. The van der Waals surface area contributed by atoms with Gasteiger partial charge in [0.25, 0.3) is 0 Å². The largest absolute Gasteiger partial charge is 0.417 e. The van der Waals surface area contributed by atoms with Crippen LogP contribution in [-0.2, 0) is 4.43 Å². The van der Waals surface area contributed by atoms with E-state index in [1.807, 2.05) is 0 Å². The van der Waals surface area contributed by atoms with Gasteiger partial charge in [-0.1, -0.05) is 43.6 Å². The van der Waals surface area contributed by atoms with Crippen LogP contribution in [0.5, 0.6) is 0 Å². The summed E-state index contributed by atoms with van der Waals surface area (Å²) in [5.74, 6) is 3.88. The van der Waals surface area contributed by atoms with Gasteiger partial charge < -0.3 is 4.43 Å². The first-order valence-electron chi connectivity index (χ1n) is 10.3. The highest BCUT2D eigenvalue weighted by Gasteiger charge is 2.54. The molecule has 1 nitrogen and oxygen atoms in total. The Morgan fingerprint density at radius 3 is 1.88 bits per heavy atom. The molecule has 24 heavy (non-hydrogen) atoms. The summed E-state index contributed by atoms with van der Waals surface area (Å²) in [7, 11) is -1.65. The topological polar surface area (TPSA) is 9.23 Å². The lowest BCUT2D eigenvalue weighted by atomic mass is 9.46. The average molecular weight is 416 g/mol. The maximum Gasteiger partial charge on any atom is 0.191 e. The van der Waals surface area contributed by atoms with E-state index in [2.05, 4.69) is 56.7 Å². The normalized spacial score (nSPS) is 38.4. The van der Waals surface area contributed by atoms with Crippen LogP contribution in [0, 0.1) is 29.1 Å². The second-order valence-corrected chi connectivity index (χ2v) is 17.4. The van der Waals surface area contributed by atoms with Crippen molar-refractivity contribution in [3.63, 3.8) is 0 Å². The van der Waals surface area contributed by atoms with E-state index in [1.54, 1.807) is 0 Å². The molecule has 4 saturated carbocycles. The molecule has 4 rings (SSSR count). The van der Waals surface area contributed by atoms with E-state index >= 15 is 0 Å². The maximum absolute atomic E-state index is 6.76. The van der Waals surface area contributed by atoms with Crippen molar-refractivity contribution in [1.29, 1.82) is 0 Å². The van der Waals surface area contributed by atoms with Gasteiger partial charge in [-0.15, -0.1) is 0 Å². The Morgan fingerprint density at radius 1 is 1.04 bits per heavy atom. The molecule has 4 fully saturated rings. The van der Waals surface area contributed by atoms with Crippen LogP contribution in [0.3, 0.4) is 0 Å². The molecule has 0 aromatic rings. The zero-order valence-electron chi connectivity index (χ0n) is 16.8. The summed E-state index contributed by atoms with van der Waals surface area (Å²) in [6.45, 7) is 15.3. The predicted molar refractivity (Wildman–Crippen MR) is 110 cm³/mol. The fourth-order valence-corrected chi connectivity index (χ4v) is 7.59. The molecule has 4 aliphatic carbocycles. The third-order valence-corrected chi connectivity index (χ3v) is 12.9. The summed E-state index contributed by atoms with van der Waals surface area (Å²) in [4.78, 5) is 0.610. The Labute approximate surface area is 160 Å². The van der Waals surface area contributed by atoms with E-state index in [9.17, 15) is 0 Å². The van der Waals surface area contributed by atoms with Crippen molar-refractivity contribution in [3.8, 4) is 0 Å². The van der Waals surface area contributed by atoms with Crippen molar-refractivity contribution in [2.45, 2.75) is 95.6 Å². The second kappa shape index (κ2) is 6.67. The first kappa shape index (κ1) is 19.4. The molecule has 2 unspecified atom stereocenters. The fourth-order valence-electron chi connectivity index (χ4n) is 6.09. The van der Waals surface area contributed by atoms with Crippen molar-refractivity contribution in [2.24, 2.45) is 29.1 Å². The van der Waals surface area contributed by atoms with E-state index in [0.29, 0.717) is 15.3 Å². The van der Waals surface area contributed by atoms with E-state index in [-0.39, 0.29) is 0 Å². The molecule has 3 heteroatoms. The first-order valence-corrected chi connectivity index (χ1v) is 14.1. The first-order chi connectivity index (χ1) is 11.0. The van der Waals surface area contributed by atoms with Crippen molar-refractivity contribution in [3.05, 3.63) is 0 Å². The Bertz CT molecular complexity index is 416. The van der Waals surface area contributed by atoms with Gasteiger partial charge in [-0.2, -0.15) is 0 Å². The van der Waals surface area contributed by atoms with Crippen LogP contribution in [0.1, 0.15) is 72.6 Å². The molecule has 4 aliphatic rings. The van der Waals surface area contributed by atoms with Crippen LogP contribution < -0.4 is 0 Å². The summed E-state index contributed by atoms with van der Waals surface area (Å²) < 4.78 is 6.76. The molecule has 0 aliphatic heterocycles. The molecular formula is C21H39BrOSi. The van der Waals surface area contributed by atoms with E-state index in [0.717, 1.165) is 30.3 Å². The fraction of sp³-hybridized carbons (Fsp3) is 1.00. The van der Waals surface area contributed by atoms with Gasteiger partial charge in [-0.3, -0.25) is 0 Å². The Kier molecular flexibility index (Phi) is 5.40. The van der Waals surface area contributed by atoms with Gasteiger partial charge in [0.15, 0.2) is 8.32 Å². The molecule has 0 spiro atoms. The molecule has 2 atom stereocenters. The molecule has 140 valence electrons. The van der Waals surface area contributed by atoms with Crippen LogP contribution in [0.4, 0.5) is 0 Å². The SMILES string of the molecule is CC(Br)CC(CO[Si](C)(C)C(C)(C)C)C12CC3CC(CC(C3)C1)C2. The van der Waals surface area contributed by atoms with Gasteiger partial charge in [0, 0.05) is 11.4 Å². The zero-order valence-corrected chi connectivity index (χ0v) is 19.4. The van der Waals surface area contributed by atoms with Crippen LogP contribution in [0.15, 0.2) is 0 Å². The summed E-state index contributed by atoms with van der Waals surface area (Å²) in [5.41, 5.74) is 0.610. The highest BCUT2D eigenvalue weighted by Crippen LogP contribution is 2.63. The second-order valence-electron chi connectivity index (χ2n) is 11.1. The molecule has 0 N–H and O–H groups in total. The van der Waals surface area contributed by atoms with Crippen molar-refractivity contribution in [2.75, 3.05) is 6.61 Å². The minimum Gasteiger partial charge on any atom is -0.417 e. The molecule has 0 amide bonds. The minimum atomic E-state index is -1.65. The standard InChI is InChI=1S/C21H39BrOSi/c1-15(22)7-19(14-23-24(5,6)20(2,3)4)21-11-16-8-17(12-21)10-18(9-16)13-21/h15-19H,7-14H2,1-6H3. The van der Waals surface area contributed by atoms with Gasteiger partial charge in [0.2, 0.25) is 0 Å². The molecular weight excluding hydrogens is 376 g/mol. The summed E-state index contributed by atoms with van der Waals surface area (Å²) >= 11 is 3.87. The van der Waals surface area contributed by atoms with Gasteiger partial charge in [0.05, 0.1) is 0 Å². The van der Waals surface area contributed by atoms with Gasteiger partial charge in [-0.25, -0.2) is 0 Å². The molecule has 0 aromatic carbocycles. The third-order valence-electron chi connectivity index (χ3n) is 8.01. The number of hydrogen-bond acceptors (Lipinski definition) is 1. The molecule has 0 aromatic heterocycles. The predicted octanol–water partition coefficient (Wildman–Crippen LogP) is 7.01. The number of rotatable bonds is 6. The minimum absolute atomic E-state index is 0.318. The lowest BCUT2D eigenvalue weighted by molar-refractivity contribution is -0.0982. The van der Waals surface area contributed by atoms with Crippen LogP contribution >= 0.6 is 15.9 Å². The van der Waals surface area contributed by atoms with Crippen molar-refractivity contribution in [1.82, 2.24) is 0 Å². The van der Waals surface area contributed by atoms with E-state index in [1.165, 1.54) is 44.9 Å². The third kappa shape index (κ3) is 3.83. The lowest BCUT2D eigenvalue weighted by Gasteiger charge is -2.60. The zero-order chi connectivity index (χ0) is 17.8. The number of halogens is 1. The van der Waals surface area contributed by atoms with Crippen molar-refractivity contribution < 1.29 is 4.43 Å². The van der Waals surface area contributed by atoms with Gasteiger partial charge in [0.1, 0.15) is 0 Å². The van der Waals surface area contributed by atoms with Crippen molar-refractivity contribution >= 4 is 24.2 Å². The Morgan fingerprint density at radius 2 is 1.50 bits per heavy atom. The van der Waals surface area contributed by atoms with Crippen LogP contribution in [0.25, 0.3) is 0 Å². The molecule has 0 radical (unpaired) electrons. The van der Waals surface area contributed by atoms with Crippen LogP contribution in [-0.4, -0.2) is 19.8 Å². The monoisotopic (exact) mass is 414 g/mol.